The van der Waals surface area contributed by atoms with Gasteiger partial charge in [0.2, 0.25) is 0 Å². The zero-order valence-electron chi connectivity index (χ0n) is 12.0. The Morgan fingerprint density at radius 2 is 2.20 bits per heavy atom. The highest BCUT2D eigenvalue weighted by molar-refractivity contribution is 9.10. The number of nitrogens with one attached hydrogen (secondary N) is 1. The van der Waals surface area contributed by atoms with E-state index in [2.05, 4.69) is 58.4 Å². The fourth-order valence-electron chi connectivity index (χ4n) is 2.45. The van der Waals surface area contributed by atoms with Gasteiger partial charge in [0, 0.05) is 11.0 Å². The molecular formula is C15H19BrClN3. The zero-order chi connectivity index (χ0) is 14.7. The molecule has 0 saturated carbocycles. The molecule has 0 spiro atoms. The lowest BCUT2D eigenvalue weighted by molar-refractivity contribution is 0.534. The lowest BCUT2D eigenvalue weighted by atomic mass is 9.99. The molecule has 0 amide bonds. The van der Waals surface area contributed by atoms with Gasteiger partial charge in [0.1, 0.15) is 0 Å². The van der Waals surface area contributed by atoms with E-state index in [0.717, 1.165) is 23.1 Å². The Balaban J connectivity index is 2.49. The summed E-state index contributed by atoms with van der Waals surface area (Å²) in [6.45, 7) is 5.12. The van der Waals surface area contributed by atoms with E-state index in [1.54, 1.807) is 6.20 Å². The first kappa shape index (κ1) is 15.5. The Hall–Kier alpha value is -0.840. The van der Waals surface area contributed by atoms with Gasteiger partial charge in [-0.15, -0.1) is 0 Å². The van der Waals surface area contributed by atoms with Crippen molar-refractivity contribution in [2.45, 2.75) is 32.9 Å². The molecule has 0 aliphatic rings. The summed E-state index contributed by atoms with van der Waals surface area (Å²) in [7, 11) is 1.95. The molecule has 2 rings (SSSR count). The van der Waals surface area contributed by atoms with Gasteiger partial charge in [-0.05, 0) is 43.7 Å². The number of aromatic nitrogens is 2. The molecule has 0 fully saturated rings. The van der Waals surface area contributed by atoms with Gasteiger partial charge in [-0.25, -0.2) is 0 Å². The van der Waals surface area contributed by atoms with Crippen LogP contribution in [0.4, 0.5) is 0 Å². The van der Waals surface area contributed by atoms with Crippen molar-refractivity contribution in [2.75, 3.05) is 7.05 Å². The highest BCUT2D eigenvalue weighted by atomic mass is 79.9. The van der Waals surface area contributed by atoms with E-state index in [1.165, 1.54) is 11.1 Å². The topological polar surface area (TPSA) is 29.9 Å². The molecule has 0 bridgehead atoms. The smallest absolute Gasteiger partial charge is 0.0837 e. The van der Waals surface area contributed by atoms with Gasteiger partial charge in [0.05, 0.1) is 23.0 Å². The van der Waals surface area contributed by atoms with Crippen molar-refractivity contribution in [3.05, 3.63) is 50.7 Å². The molecule has 20 heavy (non-hydrogen) atoms. The maximum atomic E-state index is 6.36. The highest BCUT2D eigenvalue weighted by Gasteiger charge is 2.22. The van der Waals surface area contributed by atoms with Gasteiger partial charge in [-0.2, -0.15) is 5.10 Å². The molecule has 5 heteroatoms. The molecule has 1 unspecified atom stereocenters. The van der Waals surface area contributed by atoms with Crippen LogP contribution in [0.3, 0.4) is 0 Å². The van der Waals surface area contributed by atoms with Gasteiger partial charge in [0.15, 0.2) is 0 Å². The van der Waals surface area contributed by atoms with E-state index in [9.17, 15) is 0 Å². The van der Waals surface area contributed by atoms with Crippen molar-refractivity contribution < 1.29 is 0 Å². The third kappa shape index (κ3) is 3.08. The fraction of sp³-hybridized carbons (Fsp3) is 0.400. The van der Waals surface area contributed by atoms with Crippen LogP contribution in [0.2, 0.25) is 5.02 Å². The molecule has 1 N–H and O–H groups in total. The van der Waals surface area contributed by atoms with Crippen LogP contribution in [0.15, 0.2) is 28.9 Å². The van der Waals surface area contributed by atoms with E-state index < -0.39 is 0 Å². The minimum absolute atomic E-state index is 0.0460. The van der Waals surface area contributed by atoms with Crippen LogP contribution in [0.1, 0.15) is 36.2 Å². The number of benzene rings is 1. The van der Waals surface area contributed by atoms with Crippen LogP contribution in [0.5, 0.6) is 0 Å². The maximum Gasteiger partial charge on any atom is 0.0837 e. The van der Waals surface area contributed by atoms with Crippen molar-refractivity contribution in [1.82, 2.24) is 15.1 Å². The van der Waals surface area contributed by atoms with E-state index in [-0.39, 0.29) is 6.04 Å². The number of aryl methyl sites for hydroxylation is 2. The van der Waals surface area contributed by atoms with Crippen molar-refractivity contribution in [3.8, 4) is 0 Å². The first-order chi connectivity index (χ1) is 9.58. The minimum Gasteiger partial charge on any atom is -0.308 e. The summed E-state index contributed by atoms with van der Waals surface area (Å²) in [5.41, 5.74) is 3.47. The Morgan fingerprint density at radius 3 is 2.80 bits per heavy atom. The van der Waals surface area contributed by atoms with Crippen LogP contribution in [0.25, 0.3) is 0 Å². The highest BCUT2D eigenvalue weighted by Crippen LogP contribution is 2.31. The lowest BCUT2D eigenvalue weighted by Crippen LogP contribution is -2.23. The Morgan fingerprint density at radius 1 is 1.45 bits per heavy atom. The molecule has 1 aromatic carbocycles. The monoisotopic (exact) mass is 355 g/mol. The molecule has 1 atom stereocenters. The largest absolute Gasteiger partial charge is 0.308 e. The molecule has 0 saturated heterocycles. The molecule has 1 aromatic heterocycles. The second kappa shape index (κ2) is 6.74. The predicted octanol–water partition coefficient (Wildman–Crippen LogP) is 4.33. The Bertz CT molecular complexity index is 595. The molecule has 0 aliphatic carbocycles. The minimum atomic E-state index is 0.0460. The van der Waals surface area contributed by atoms with Crippen LogP contribution in [-0.2, 0) is 6.54 Å². The summed E-state index contributed by atoms with van der Waals surface area (Å²) in [6.07, 6.45) is 2.76. The second-order valence-corrected chi connectivity index (χ2v) is 6.15. The number of rotatable bonds is 5. The van der Waals surface area contributed by atoms with E-state index >= 15 is 0 Å². The SMILES string of the molecule is CCCn1ncc(Cl)c1C(NC)c1ccc(Br)cc1C. The van der Waals surface area contributed by atoms with Crippen molar-refractivity contribution >= 4 is 27.5 Å². The summed E-state index contributed by atoms with van der Waals surface area (Å²) >= 11 is 9.86. The number of nitrogens with zero attached hydrogens (tertiary/aromatic N) is 2. The third-order valence-corrected chi connectivity index (χ3v) is 4.16. The molecule has 3 nitrogen and oxygen atoms in total. The standard InChI is InChI=1S/C15H19BrClN3/c1-4-7-20-15(13(17)9-19-20)14(18-3)12-6-5-11(16)8-10(12)2/h5-6,8-9,14,18H,4,7H2,1-3H3. The molecule has 2 aromatic rings. The first-order valence-corrected chi connectivity index (χ1v) is 7.90. The summed E-state index contributed by atoms with van der Waals surface area (Å²) in [5, 5.41) is 8.45. The second-order valence-electron chi connectivity index (χ2n) is 4.82. The first-order valence-electron chi connectivity index (χ1n) is 6.73. The Kier molecular flexibility index (Phi) is 5.24. The van der Waals surface area contributed by atoms with Gasteiger partial charge in [-0.1, -0.05) is 40.5 Å². The third-order valence-electron chi connectivity index (χ3n) is 3.37. The number of hydrogen-bond donors (Lipinski definition) is 1. The van der Waals surface area contributed by atoms with Gasteiger partial charge < -0.3 is 5.32 Å². The molecular weight excluding hydrogens is 338 g/mol. The van der Waals surface area contributed by atoms with Crippen molar-refractivity contribution in [1.29, 1.82) is 0 Å². The molecule has 0 aliphatic heterocycles. The average Bonchev–Trinajstić information content (AvgIpc) is 2.75. The summed E-state index contributed by atoms with van der Waals surface area (Å²) in [4.78, 5) is 0. The molecule has 108 valence electrons. The normalized spacial score (nSPS) is 12.7. The van der Waals surface area contributed by atoms with Crippen LogP contribution < -0.4 is 5.32 Å². The fourth-order valence-corrected chi connectivity index (χ4v) is 3.18. The number of hydrogen-bond acceptors (Lipinski definition) is 2. The van der Waals surface area contributed by atoms with Gasteiger partial charge in [0.25, 0.3) is 0 Å². The summed E-state index contributed by atoms with van der Waals surface area (Å²) in [6, 6.07) is 6.35. The van der Waals surface area contributed by atoms with E-state index in [1.807, 2.05) is 11.7 Å². The average molecular weight is 357 g/mol. The van der Waals surface area contributed by atoms with Crippen molar-refractivity contribution in [3.63, 3.8) is 0 Å². The predicted molar refractivity (Wildman–Crippen MR) is 87.3 cm³/mol. The lowest BCUT2D eigenvalue weighted by Gasteiger charge is -2.21. The number of halogens is 2. The molecule has 0 radical (unpaired) electrons. The summed E-state index contributed by atoms with van der Waals surface area (Å²) < 4.78 is 3.08. The summed E-state index contributed by atoms with van der Waals surface area (Å²) in [5.74, 6) is 0. The van der Waals surface area contributed by atoms with Gasteiger partial charge in [-0.3, -0.25) is 4.68 Å². The van der Waals surface area contributed by atoms with Gasteiger partial charge >= 0.3 is 0 Å². The molecule has 1 heterocycles. The quantitative estimate of drug-likeness (QED) is 0.864. The van der Waals surface area contributed by atoms with E-state index in [4.69, 9.17) is 11.6 Å². The van der Waals surface area contributed by atoms with Crippen molar-refractivity contribution in [2.24, 2.45) is 0 Å². The van der Waals surface area contributed by atoms with E-state index in [0.29, 0.717) is 5.02 Å². The zero-order valence-corrected chi connectivity index (χ0v) is 14.3. The van der Waals surface area contributed by atoms with Crippen LogP contribution in [-0.4, -0.2) is 16.8 Å². The van der Waals surface area contributed by atoms with Crippen LogP contribution in [0, 0.1) is 6.92 Å². The maximum absolute atomic E-state index is 6.36. The van der Waals surface area contributed by atoms with Crippen LogP contribution >= 0.6 is 27.5 Å². The Labute approximate surface area is 133 Å².